The van der Waals surface area contributed by atoms with Crippen molar-refractivity contribution in [3.63, 3.8) is 0 Å². The van der Waals surface area contributed by atoms with Crippen molar-refractivity contribution in [1.29, 1.82) is 0 Å². The molecule has 1 N–H and O–H groups in total. The summed E-state index contributed by atoms with van der Waals surface area (Å²) in [7, 11) is 0. The lowest BCUT2D eigenvalue weighted by molar-refractivity contribution is 0.235. The van der Waals surface area contributed by atoms with Gasteiger partial charge in [-0.15, -0.1) is 0 Å². The Hall–Kier alpha value is -0.770. The number of nitrogens with one attached hydrogen (secondary N) is 1. The fourth-order valence-corrected chi connectivity index (χ4v) is 3.20. The van der Waals surface area contributed by atoms with Crippen molar-refractivity contribution in [3.05, 3.63) is 0 Å². The zero-order valence-electron chi connectivity index (χ0n) is 13.6. The molecule has 0 spiro atoms. The van der Waals surface area contributed by atoms with Crippen molar-refractivity contribution >= 4 is 5.96 Å². The average Bonchev–Trinajstić information content (AvgIpc) is 2.79. The molecular formula is C16H32N4. The van der Waals surface area contributed by atoms with Gasteiger partial charge in [0.05, 0.1) is 6.54 Å². The largest absolute Gasteiger partial charge is 0.357 e. The first-order valence-electron chi connectivity index (χ1n) is 8.36. The summed E-state index contributed by atoms with van der Waals surface area (Å²) in [5.74, 6) is 1.12. The third-order valence-electron chi connectivity index (χ3n) is 4.44. The second kappa shape index (κ2) is 7.30. The van der Waals surface area contributed by atoms with E-state index in [1.54, 1.807) is 0 Å². The highest BCUT2D eigenvalue weighted by atomic mass is 15.3. The Morgan fingerprint density at radius 1 is 1.15 bits per heavy atom. The molecular weight excluding hydrogens is 248 g/mol. The lowest BCUT2D eigenvalue weighted by Gasteiger charge is -2.26. The Labute approximate surface area is 124 Å². The van der Waals surface area contributed by atoms with Crippen LogP contribution in [-0.4, -0.2) is 61.6 Å². The number of likely N-dealkylation sites (tertiary alicyclic amines) is 2. The second-order valence-corrected chi connectivity index (χ2v) is 6.97. The Morgan fingerprint density at radius 3 is 2.50 bits per heavy atom. The van der Waals surface area contributed by atoms with Gasteiger partial charge in [0.1, 0.15) is 0 Å². The van der Waals surface area contributed by atoms with Crippen LogP contribution in [0.1, 0.15) is 46.5 Å². The minimum Gasteiger partial charge on any atom is -0.357 e. The molecule has 116 valence electrons. The number of rotatable bonds is 4. The van der Waals surface area contributed by atoms with E-state index in [9.17, 15) is 0 Å². The van der Waals surface area contributed by atoms with Gasteiger partial charge in [-0.25, -0.2) is 0 Å². The van der Waals surface area contributed by atoms with Crippen LogP contribution in [0.25, 0.3) is 0 Å². The van der Waals surface area contributed by atoms with Crippen molar-refractivity contribution in [2.75, 3.05) is 45.8 Å². The number of guanidine groups is 1. The molecule has 0 aromatic carbocycles. The molecule has 0 radical (unpaired) electrons. The van der Waals surface area contributed by atoms with Gasteiger partial charge in [-0.3, -0.25) is 4.99 Å². The number of aliphatic imine (C=N–C) groups is 1. The molecule has 2 heterocycles. The lowest BCUT2D eigenvalue weighted by atomic mass is 9.93. The smallest absolute Gasteiger partial charge is 0.193 e. The molecule has 0 bridgehead atoms. The molecule has 0 atom stereocenters. The average molecular weight is 280 g/mol. The van der Waals surface area contributed by atoms with Crippen molar-refractivity contribution < 1.29 is 0 Å². The molecule has 0 aromatic rings. The van der Waals surface area contributed by atoms with Crippen molar-refractivity contribution in [2.24, 2.45) is 10.4 Å². The molecule has 2 saturated heterocycles. The number of piperidine rings is 1. The number of hydrogen-bond donors (Lipinski definition) is 1. The van der Waals surface area contributed by atoms with Crippen LogP contribution in [0.4, 0.5) is 0 Å². The first-order valence-corrected chi connectivity index (χ1v) is 8.36. The van der Waals surface area contributed by atoms with E-state index in [0.29, 0.717) is 5.41 Å². The van der Waals surface area contributed by atoms with Crippen molar-refractivity contribution in [3.8, 4) is 0 Å². The molecule has 2 aliphatic heterocycles. The van der Waals surface area contributed by atoms with Gasteiger partial charge in [-0.2, -0.15) is 0 Å². The summed E-state index contributed by atoms with van der Waals surface area (Å²) in [4.78, 5) is 9.84. The Morgan fingerprint density at radius 2 is 1.90 bits per heavy atom. The van der Waals surface area contributed by atoms with E-state index in [1.165, 1.54) is 38.8 Å². The van der Waals surface area contributed by atoms with Crippen LogP contribution in [0.15, 0.2) is 4.99 Å². The van der Waals surface area contributed by atoms with E-state index in [1.807, 2.05) is 0 Å². The van der Waals surface area contributed by atoms with Crippen LogP contribution in [0.5, 0.6) is 0 Å². The maximum Gasteiger partial charge on any atom is 0.193 e. The highest BCUT2D eigenvalue weighted by Gasteiger charge is 2.30. The molecule has 2 aliphatic rings. The quantitative estimate of drug-likeness (QED) is 0.632. The highest BCUT2D eigenvalue weighted by Crippen LogP contribution is 2.28. The van der Waals surface area contributed by atoms with Gasteiger partial charge in [0.2, 0.25) is 0 Å². The van der Waals surface area contributed by atoms with Crippen LogP contribution < -0.4 is 5.32 Å². The molecule has 0 unspecified atom stereocenters. The molecule has 4 heteroatoms. The first-order chi connectivity index (χ1) is 9.61. The zero-order chi connectivity index (χ0) is 14.4. The van der Waals surface area contributed by atoms with Crippen LogP contribution in [0.2, 0.25) is 0 Å². The van der Waals surface area contributed by atoms with Crippen LogP contribution >= 0.6 is 0 Å². The standard InChI is InChI=1S/C16H32N4/c1-4-17-15(20-12-8-16(2,3)14-20)18-9-13-19-10-6-5-7-11-19/h4-14H2,1-3H3,(H,17,18). The molecule has 0 aromatic heterocycles. The van der Waals surface area contributed by atoms with Gasteiger partial charge in [0.25, 0.3) is 0 Å². The molecule has 4 nitrogen and oxygen atoms in total. The molecule has 0 aliphatic carbocycles. The maximum atomic E-state index is 4.84. The minimum absolute atomic E-state index is 0.434. The lowest BCUT2D eigenvalue weighted by Crippen LogP contribution is -2.41. The predicted octanol–water partition coefficient (Wildman–Crippen LogP) is 2.17. The van der Waals surface area contributed by atoms with E-state index in [4.69, 9.17) is 4.99 Å². The predicted molar refractivity (Wildman–Crippen MR) is 86.2 cm³/mol. The minimum atomic E-state index is 0.434. The van der Waals surface area contributed by atoms with Gasteiger partial charge in [-0.05, 0) is 44.7 Å². The topological polar surface area (TPSA) is 30.9 Å². The fraction of sp³-hybridized carbons (Fsp3) is 0.938. The summed E-state index contributed by atoms with van der Waals surface area (Å²) < 4.78 is 0. The third-order valence-corrected chi connectivity index (χ3v) is 4.44. The second-order valence-electron chi connectivity index (χ2n) is 6.97. The zero-order valence-corrected chi connectivity index (χ0v) is 13.6. The summed E-state index contributed by atoms with van der Waals surface area (Å²) in [5, 5.41) is 3.46. The SMILES string of the molecule is CCNC(=NCCN1CCCCC1)N1CCC(C)(C)C1. The van der Waals surface area contributed by atoms with E-state index < -0.39 is 0 Å². The third kappa shape index (κ3) is 4.65. The highest BCUT2D eigenvalue weighted by molar-refractivity contribution is 5.80. The van der Waals surface area contributed by atoms with Gasteiger partial charge in [0.15, 0.2) is 5.96 Å². The molecule has 0 amide bonds. The summed E-state index contributed by atoms with van der Waals surface area (Å²) >= 11 is 0. The monoisotopic (exact) mass is 280 g/mol. The summed E-state index contributed by atoms with van der Waals surface area (Å²) in [6.45, 7) is 14.7. The molecule has 2 fully saturated rings. The fourth-order valence-electron chi connectivity index (χ4n) is 3.20. The van der Waals surface area contributed by atoms with Gasteiger partial charge < -0.3 is 15.1 Å². The molecule has 0 saturated carbocycles. The van der Waals surface area contributed by atoms with Crippen molar-refractivity contribution in [1.82, 2.24) is 15.1 Å². The van der Waals surface area contributed by atoms with E-state index in [2.05, 4.69) is 35.9 Å². The Balaban J connectivity index is 1.82. The Bertz CT molecular complexity index is 318. The van der Waals surface area contributed by atoms with E-state index >= 15 is 0 Å². The van der Waals surface area contributed by atoms with Crippen LogP contribution in [-0.2, 0) is 0 Å². The van der Waals surface area contributed by atoms with Crippen LogP contribution in [0, 0.1) is 5.41 Å². The van der Waals surface area contributed by atoms with Gasteiger partial charge >= 0.3 is 0 Å². The number of hydrogen-bond acceptors (Lipinski definition) is 2. The van der Waals surface area contributed by atoms with E-state index in [0.717, 1.165) is 38.7 Å². The van der Waals surface area contributed by atoms with Crippen LogP contribution in [0.3, 0.4) is 0 Å². The maximum absolute atomic E-state index is 4.84. The van der Waals surface area contributed by atoms with Gasteiger partial charge in [0, 0.05) is 26.2 Å². The van der Waals surface area contributed by atoms with E-state index in [-0.39, 0.29) is 0 Å². The first kappa shape index (κ1) is 15.6. The molecule has 20 heavy (non-hydrogen) atoms. The molecule has 2 rings (SSSR count). The Kier molecular flexibility index (Phi) is 5.70. The normalized spacial score (nSPS) is 24.1. The summed E-state index contributed by atoms with van der Waals surface area (Å²) in [5.41, 5.74) is 0.434. The summed E-state index contributed by atoms with van der Waals surface area (Å²) in [6.07, 6.45) is 5.41. The van der Waals surface area contributed by atoms with Crippen molar-refractivity contribution in [2.45, 2.75) is 46.5 Å². The number of nitrogens with zero attached hydrogens (tertiary/aromatic N) is 3. The van der Waals surface area contributed by atoms with Gasteiger partial charge in [-0.1, -0.05) is 20.3 Å². The summed E-state index contributed by atoms with van der Waals surface area (Å²) in [6, 6.07) is 0.